The molecule has 0 unspecified atom stereocenters. The van der Waals surface area contributed by atoms with E-state index in [0.29, 0.717) is 43.0 Å². The third-order valence-corrected chi connectivity index (χ3v) is 7.06. The van der Waals surface area contributed by atoms with Gasteiger partial charge in [0.1, 0.15) is 12.3 Å². The lowest BCUT2D eigenvalue weighted by Crippen LogP contribution is -2.51. The number of aldehydes is 1. The molecule has 1 aromatic carbocycles. The van der Waals surface area contributed by atoms with Crippen LogP contribution in [0.3, 0.4) is 0 Å². The quantitative estimate of drug-likeness (QED) is 0.297. The SMILES string of the molecule is O=C[C@H](C[C@@H]1CCNC1=O)NC(=O)[C@H](CC1CCCCC1)NC(=O)OCCCc1cccc(Cl)c1. The molecule has 3 N–H and O–H groups in total. The molecule has 3 amide bonds. The van der Waals surface area contributed by atoms with Gasteiger partial charge in [-0.3, -0.25) is 9.59 Å². The highest BCUT2D eigenvalue weighted by molar-refractivity contribution is 6.30. The first kappa shape index (κ1) is 27.0. The van der Waals surface area contributed by atoms with Crippen LogP contribution < -0.4 is 16.0 Å². The first-order valence-electron chi connectivity index (χ1n) is 12.7. The summed E-state index contributed by atoms with van der Waals surface area (Å²) in [4.78, 5) is 49.0. The molecule has 1 heterocycles. The van der Waals surface area contributed by atoms with Crippen LogP contribution in [0.4, 0.5) is 4.79 Å². The van der Waals surface area contributed by atoms with E-state index in [1.807, 2.05) is 24.3 Å². The first-order valence-corrected chi connectivity index (χ1v) is 13.0. The van der Waals surface area contributed by atoms with E-state index in [1.54, 1.807) is 0 Å². The maximum absolute atomic E-state index is 13.1. The smallest absolute Gasteiger partial charge is 0.407 e. The van der Waals surface area contributed by atoms with Crippen LogP contribution in [0.1, 0.15) is 63.4 Å². The monoisotopic (exact) mass is 505 g/mol. The Balaban J connectivity index is 1.51. The topological polar surface area (TPSA) is 114 Å². The van der Waals surface area contributed by atoms with Crippen LogP contribution in [0.25, 0.3) is 0 Å². The zero-order chi connectivity index (χ0) is 25.0. The molecule has 0 aromatic heterocycles. The largest absolute Gasteiger partial charge is 0.450 e. The standard InChI is InChI=1S/C26H36ClN3O5/c27-21-10-4-8-18(14-21)9-5-13-35-26(34)30-23(15-19-6-2-1-3-7-19)25(33)29-22(17-31)16-20-11-12-28-24(20)32/h4,8,10,14,17,19-20,22-23H,1-3,5-7,9,11-13,15-16H2,(H,28,32)(H,29,33)(H,30,34)/t20-,22-,23-/m0/s1. The summed E-state index contributed by atoms with van der Waals surface area (Å²) < 4.78 is 5.33. The second-order valence-corrected chi connectivity index (χ2v) is 10.0. The number of hydrogen-bond acceptors (Lipinski definition) is 5. The molecule has 1 aromatic rings. The van der Waals surface area contributed by atoms with Crippen molar-refractivity contribution in [3.63, 3.8) is 0 Å². The molecule has 1 saturated heterocycles. The number of halogens is 1. The van der Waals surface area contributed by atoms with Crippen LogP contribution >= 0.6 is 11.6 Å². The summed E-state index contributed by atoms with van der Waals surface area (Å²) in [5.74, 6) is -0.469. The molecule has 9 heteroatoms. The average molecular weight is 506 g/mol. The number of ether oxygens (including phenoxy) is 1. The zero-order valence-electron chi connectivity index (χ0n) is 20.1. The number of nitrogens with one attached hydrogen (secondary N) is 3. The van der Waals surface area contributed by atoms with E-state index in [4.69, 9.17) is 16.3 Å². The normalized spacial score (nSPS) is 19.9. The number of hydrogen-bond donors (Lipinski definition) is 3. The van der Waals surface area contributed by atoms with Gasteiger partial charge in [0, 0.05) is 17.5 Å². The maximum atomic E-state index is 13.1. The Hall–Kier alpha value is -2.61. The summed E-state index contributed by atoms with van der Waals surface area (Å²) in [5.41, 5.74) is 1.06. The molecular weight excluding hydrogens is 470 g/mol. The van der Waals surface area contributed by atoms with Crippen molar-refractivity contribution in [2.75, 3.05) is 13.2 Å². The van der Waals surface area contributed by atoms with Gasteiger partial charge in [0.25, 0.3) is 0 Å². The third kappa shape index (κ3) is 9.17. The molecule has 35 heavy (non-hydrogen) atoms. The minimum atomic E-state index is -0.793. The molecule has 2 fully saturated rings. The van der Waals surface area contributed by atoms with Crippen LogP contribution in [0.2, 0.25) is 5.02 Å². The molecule has 1 saturated carbocycles. The van der Waals surface area contributed by atoms with Gasteiger partial charge in [-0.05, 0) is 55.7 Å². The summed E-state index contributed by atoms with van der Waals surface area (Å²) in [7, 11) is 0. The van der Waals surface area contributed by atoms with Crippen LogP contribution in [0, 0.1) is 11.8 Å². The Kier molecular flexibility index (Phi) is 10.8. The van der Waals surface area contributed by atoms with Crippen LogP contribution in [-0.2, 0) is 25.5 Å². The lowest BCUT2D eigenvalue weighted by molar-refractivity contribution is -0.127. The first-order chi connectivity index (χ1) is 16.9. The summed E-state index contributed by atoms with van der Waals surface area (Å²) in [6.45, 7) is 0.794. The predicted octanol–water partition coefficient (Wildman–Crippen LogP) is 3.55. The molecule has 2 aliphatic rings. The van der Waals surface area contributed by atoms with E-state index in [-0.39, 0.29) is 24.9 Å². The second kappa shape index (κ2) is 14.1. The predicted molar refractivity (Wildman–Crippen MR) is 133 cm³/mol. The fourth-order valence-electron chi connectivity index (χ4n) is 4.91. The van der Waals surface area contributed by atoms with Crippen molar-refractivity contribution in [2.45, 2.75) is 76.3 Å². The number of amides is 3. The highest BCUT2D eigenvalue weighted by Gasteiger charge is 2.31. The molecule has 3 rings (SSSR count). The summed E-state index contributed by atoms with van der Waals surface area (Å²) in [5, 5.41) is 8.86. The zero-order valence-corrected chi connectivity index (χ0v) is 20.9. The van der Waals surface area contributed by atoms with E-state index in [2.05, 4.69) is 16.0 Å². The van der Waals surface area contributed by atoms with Gasteiger partial charge in [-0.1, -0.05) is 55.8 Å². The van der Waals surface area contributed by atoms with Crippen LogP contribution in [0.5, 0.6) is 0 Å². The van der Waals surface area contributed by atoms with Crippen molar-refractivity contribution in [1.29, 1.82) is 0 Å². The number of benzene rings is 1. The van der Waals surface area contributed by atoms with Gasteiger partial charge < -0.3 is 25.5 Å². The van der Waals surface area contributed by atoms with E-state index >= 15 is 0 Å². The van der Waals surface area contributed by atoms with Gasteiger partial charge in [0.2, 0.25) is 11.8 Å². The van der Waals surface area contributed by atoms with Crippen molar-refractivity contribution in [3.05, 3.63) is 34.9 Å². The Morgan fingerprint density at radius 2 is 1.94 bits per heavy atom. The van der Waals surface area contributed by atoms with Crippen LogP contribution in [0.15, 0.2) is 24.3 Å². The van der Waals surface area contributed by atoms with Gasteiger partial charge >= 0.3 is 6.09 Å². The van der Waals surface area contributed by atoms with Crippen molar-refractivity contribution in [1.82, 2.24) is 16.0 Å². The van der Waals surface area contributed by atoms with Crippen molar-refractivity contribution in [2.24, 2.45) is 11.8 Å². The third-order valence-electron chi connectivity index (χ3n) is 6.83. The average Bonchev–Trinajstić information content (AvgIpc) is 3.25. The lowest BCUT2D eigenvalue weighted by Gasteiger charge is -2.27. The Labute approximate surface area is 211 Å². The minimum Gasteiger partial charge on any atom is -0.450 e. The van der Waals surface area contributed by atoms with Gasteiger partial charge in [-0.15, -0.1) is 0 Å². The number of aryl methyl sites for hydroxylation is 1. The summed E-state index contributed by atoms with van der Waals surface area (Å²) >= 11 is 6.00. The molecule has 0 bridgehead atoms. The number of rotatable bonds is 12. The van der Waals surface area contributed by atoms with E-state index in [9.17, 15) is 19.2 Å². The Morgan fingerprint density at radius 1 is 1.14 bits per heavy atom. The van der Waals surface area contributed by atoms with Crippen molar-refractivity contribution >= 4 is 35.8 Å². The Bertz CT molecular complexity index is 874. The number of carbonyl (C=O) groups excluding carboxylic acids is 4. The molecule has 8 nitrogen and oxygen atoms in total. The lowest BCUT2D eigenvalue weighted by atomic mass is 9.84. The van der Waals surface area contributed by atoms with Gasteiger partial charge in [-0.2, -0.15) is 0 Å². The van der Waals surface area contributed by atoms with Gasteiger partial charge in [0.05, 0.1) is 12.6 Å². The van der Waals surface area contributed by atoms with Gasteiger partial charge in [-0.25, -0.2) is 4.79 Å². The maximum Gasteiger partial charge on any atom is 0.407 e. The fraction of sp³-hybridized carbons (Fsp3) is 0.615. The summed E-state index contributed by atoms with van der Waals surface area (Å²) in [6, 6.07) is 5.97. The second-order valence-electron chi connectivity index (χ2n) is 9.57. The van der Waals surface area contributed by atoms with Crippen molar-refractivity contribution < 1.29 is 23.9 Å². The highest BCUT2D eigenvalue weighted by atomic mass is 35.5. The summed E-state index contributed by atoms with van der Waals surface area (Å²) in [6.07, 6.45) is 8.19. The van der Waals surface area contributed by atoms with E-state index in [1.165, 1.54) is 6.42 Å². The number of carbonyl (C=O) groups is 4. The molecule has 3 atom stereocenters. The molecule has 0 radical (unpaired) electrons. The molecule has 0 spiro atoms. The van der Waals surface area contributed by atoms with E-state index in [0.717, 1.165) is 37.7 Å². The molecular formula is C26H36ClN3O5. The molecule has 192 valence electrons. The molecule has 1 aliphatic heterocycles. The minimum absolute atomic E-state index is 0.0932. The van der Waals surface area contributed by atoms with Crippen molar-refractivity contribution in [3.8, 4) is 0 Å². The van der Waals surface area contributed by atoms with Gasteiger partial charge in [0.15, 0.2) is 0 Å². The highest BCUT2D eigenvalue weighted by Crippen LogP contribution is 2.27. The van der Waals surface area contributed by atoms with E-state index < -0.39 is 24.1 Å². The fourth-order valence-corrected chi connectivity index (χ4v) is 5.13. The molecule has 1 aliphatic carbocycles. The number of alkyl carbamates (subject to hydrolysis) is 1. The Morgan fingerprint density at radius 3 is 2.63 bits per heavy atom. The van der Waals surface area contributed by atoms with Crippen LogP contribution in [-0.4, -0.2) is 49.4 Å².